The summed E-state index contributed by atoms with van der Waals surface area (Å²) in [6.45, 7) is 0.405. The molecule has 1 aromatic carbocycles. The van der Waals surface area contributed by atoms with E-state index < -0.39 is 23.2 Å². The molecule has 1 amide bonds. The highest BCUT2D eigenvalue weighted by molar-refractivity contribution is 9.10. The van der Waals surface area contributed by atoms with Crippen molar-refractivity contribution < 1.29 is 23.1 Å². The molecule has 2 aliphatic rings. The summed E-state index contributed by atoms with van der Waals surface area (Å²) in [4.78, 5) is 13.6. The molecule has 3 nitrogen and oxygen atoms in total. The molecule has 21 heavy (non-hydrogen) atoms. The van der Waals surface area contributed by atoms with Crippen molar-refractivity contribution >= 4 is 21.8 Å². The molecule has 0 unspecified atom stereocenters. The summed E-state index contributed by atoms with van der Waals surface area (Å²) >= 11 is 2.84. The first-order valence-corrected chi connectivity index (χ1v) is 7.38. The van der Waals surface area contributed by atoms with Crippen molar-refractivity contribution in [1.82, 2.24) is 4.90 Å². The number of nitrogens with zero attached hydrogens (tertiary/aromatic N) is 1. The molecule has 1 aliphatic carbocycles. The van der Waals surface area contributed by atoms with Crippen molar-refractivity contribution in [3.63, 3.8) is 0 Å². The molecule has 0 aromatic heterocycles. The summed E-state index contributed by atoms with van der Waals surface area (Å²) in [6.07, 6.45) is -2.61. The Bertz CT molecular complexity index is 592. The fourth-order valence-electron chi connectivity index (χ4n) is 2.70. The fraction of sp³-hybridized carbons (Fsp3) is 0.500. The van der Waals surface area contributed by atoms with E-state index in [0.29, 0.717) is 0 Å². The predicted octanol–water partition coefficient (Wildman–Crippen LogP) is 3.06. The van der Waals surface area contributed by atoms with Crippen LogP contribution in [-0.2, 0) is 6.18 Å². The number of β-amino-alcohol motifs (C(OH)–C–C–N with tert-alkyl or cyclic N) is 1. The number of alkyl halides is 3. The van der Waals surface area contributed by atoms with Gasteiger partial charge in [0.1, 0.15) is 5.60 Å². The van der Waals surface area contributed by atoms with Gasteiger partial charge in [0.15, 0.2) is 0 Å². The van der Waals surface area contributed by atoms with Crippen LogP contribution in [0, 0.1) is 5.92 Å². The van der Waals surface area contributed by atoms with Crippen molar-refractivity contribution in [2.45, 2.75) is 24.6 Å². The number of carbonyl (C=O) groups excluding carboxylic acids is 1. The summed E-state index contributed by atoms with van der Waals surface area (Å²) in [5, 5.41) is 10.2. The van der Waals surface area contributed by atoms with E-state index in [4.69, 9.17) is 0 Å². The summed E-state index contributed by atoms with van der Waals surface area (Å²) in [5.41, 5.74) is -1.72. The quantitative estimate of drug-likeness (QED) is 0.877. The molecule has 1 aliphatic heterocycles. The smallest absolute Gasteiger partial charge is 0.386 e. The summed E-state index contributed by atoms with van der Waals surface area (Å²) < 4.78 is 38.4. The van der Waals surface area contributed by atoms with Crippen molar-refractivity contribution in [1.29, 1.82) is 0 Å². The van der Waals surface area contributed by atoms with Gasteiger partial charge in [-0.3, -0.25) is 4.79 Å². The number of halogens is 4. The summed E-state index contributed by atoms with van der Waals surface area (Å²) in [7, 11) is 0. The Kier molecular flexibility index (Phi) is 3.33. The Labute approximate surface area is 127 Å². The monoisotopic (exact) mass is 363 g/mol. The summed E-state index contributed by atoms with van der Waals surface area (Å²) in [6, 6.07) is 3.43. The van der Waals surface area contributed by atoms with Gasteiger partial charge in [-0.05, 0) is 37.0 Å². The second kappa shape index (κ2) is 4.71. The molecule has 1 saturated heterocycles. The van der Waals surface area contributed by atoms with E-state index in [-0.39, 0.29) is 29.0 Å². The minimum Gasteiger partial charge on any atom is -0.386 e. The van der Waals surface area contributed by atoms with E-state index in [1.807, 2.05) is 0 Å². The van der Waals surface area contributed by atoms with Crippen LogP contribution in [0.1, 0.15) is 28.8 Å². The topological polar surface area (TPSA) is 40.5 Å². The Hall–Kier alpha value is -1.08. The molecular formula is C14H13BrF3NO2. The highest BCUT2D eigenvalue weighted by atomic mass is 79.9. The minimum atomic E-state index is -4.52. The highest BCUT2D eigenvalue weighted by Gasteiger charge is 2.53. The molecule has 114 valence electrons. The molecule has 1 aromatic rings. The highest BCUT2D eigenvalue weighted by Crippen LogP contribution is 2.45. The standard InChI is InChI=1S/C14H13BrF3NO2/c15-11-4-1-8(5-10(11)14(16,17)18)12(20)19-6-13(21,7-19)9-2-3-9/h1,4-5,9,21H,2-3,6-7H2. The predicted molar refractivity (Wildman–Crippen MR) is 72.7 cm³/mol. The lowest BCUT2D eigenvalue weighted by molar-refractivity contribution is -0.138. The number of benzene rings is 1. The Morgan fingerprint density at radius 2 is 1.95 bits per heavy atom. The molecule has 1 saturated carbocycles. The van der Waals surface area contributed by atoms with Crippen molar-refractivity contribution in [3.8, 4) is 0 Å². The maximum absolute atomic E-state index is 12.8. The van der Waals surface area contributed by atoms with E-state index in [9.17, 15) is 23.1 Å². The van der Waals surface area contributed by atoms with Gasteiger partial charge in [-0.2, -0.15) is 13.2 Å². The minimum absolute atomic E-state index is 0.0108. The van der Waals surface area contributed by atoms with Crippen LogP contribution >= 0.6 is 15.9 Å². The van der Waals surface area contributed by atoms with Crippen LogP contribution in [0.4, 0.5) is 13.2 Å². The SMILES string of the molecule is O=C(c1ccc(Br)c(C(F)(F)F)c1)N1CC(O)(C2CC2)C1. The fourth-order valence-corrected chi connectivity index (χ4v) is 3.17. The first kappa shape index (κ1) is 14.8. The van der Waals surface area contributed by atoms with E-state index in [1.165, 1.54) is 17.0 Å². The molecule has 1 heterocycles. The van der Waals surface area contributed by atoms with Gasteiger partial charge in [-0.15, -0.1) is 0 Å². The van der Waals surface area contributed by atoms with Gasteiger partial charge < -0.3 is 10.0 Å². The Morgan fingerprint density at radius 3 is 2.48 bits per heavy atom. The lowest BCUT2D eigenvalue weighted by Crippen LogP contribution is -2.64. The molecule has 3 rings (SSSR count). The molecule has 1 N–H and O–H groups in total. The van der Waals surface area contributed by atoms with Gasteiger partial charge in [0, 0.05) is 10.0 Å². The number of rotatable bonds is 2. The van der Waals surface area contributed by atoms with Crippen molar-refractivity contribution in [3.05, 3.63) is 33.8 Å². The molecule has 0 atom stereocenters. The van der Waals surface area contributed by atoms with Crippen molar-refractivity contribution in [2.75, 3.05) is 13.1 Å². The number of carbonyl (C=O) groups is 1. The van der Waals surface area contributed by atoms with Crippen LogP contribution in [0.25, 0.3) is 0 Å². The Balaban J connectivity index is 1.77. The van der Waals surface area contributed by atoms with Crippen LogP contribution in [0.3, 0.4) is 0 Å². The van der Waals surface area contributed by atoms with Gasteiger partial charge >= 0.3 is 6.18 Å². The Morgan fingerprint density at radius 1 is 1.33 bits per heavy atom. The third-order valence-corrected chi connectivity index (χ3v) is 4.76. The second-order valence-corrected chi connectivity index (χ2v) is 6.59. The van der Waals surface area contributed by atoms with Crippen LogP contribution < -0.4 is 0 Å². The van der Waals surface area contributed by atoms with E-state index in [1.54, 1.807) is 0 Å². The number of likely N-dealkylation sites (tertiary alicyclic amines) is 1. The third kappa shape index (κ3) is 2.68. The van der Waals surface area contributed by atoms with Gasteiger partial charge in [-0.25, -0.2) is 0 Å². The van der Waals surface area contributed by atoms with Crippen LogP contribution in [-0.4, -0.2) is 34.6 Å². The zero-order valence-electron chi connectivity index (χ0n) is 11.0. The van der Waals surface area contributed by atoms with E-state index in [2.05, 4.69) is 15.9 Å². The average Bonchev–Trinajstić information content (AvgIpc) is 3.17. The van der Waals surface area contributed by atoms with E-state index in [0.717, 1.165) is 18.9 Å². The maximum atomic E-state index is 12.8. The molecule has 7 heteroatoms. The molecule has 2 fully saturated rings. The number of hydrogen-bond donors (Lipinski definition) is 1. The molecule has 0 radical (unpaired) electrons. The number of aliphatic hydroxyl groups is 1. The van der Waals surface area contributed by atoms with Gasteiger partial charge in [0.25, 0.3) is 5.91 Å². The van der Waals surface area contributed by atoms with Gasteiger partial charge in [0.05, 0.1) is 18.7 Å². The lowest BCUT2D eigenvalue weighted by atomic mass is 9.88. The molecule has 0 spiro atoms. The normalized spacial score (nSPS) is 21.1. The molecular weight excluding hydrogens is 351 g/mol. The zero-order chi connectivity index (χ0) is 15.4. The third-order valence-electron chi connectivity index (χ3n) is 4.07. The lowest BCUT2D eigenvalue weighted by Gasteiger charge is -2.47. The molecule has 0 bridgehead atoms. The van der Waals surface area contributed by atoms with E-state index >= 15 is 0 Å². The van der Waals surface area contributed by atoms with Crippen LogP contribution in [0.15, 0.2) is 22.7 Å². The van der Waals surface area contributed by atoms with Crippen LogP contribution in [0.5, 0.6) is 0 Å². The van der Waals surface area contributed by atoms with Crippen LogP contribution in [0.2, 0.25) is 0 Å². The average molecular weight is 364 g/mol. The van der Waals surface area contributed by atoms with Gasteiger partial charge in [0.2, 0.25) is 0 Å². The van der Waals surface area contributed by atoms with Gasteiger partial charge in [-0.1, -0.05) is 15.9 Å². The number of amides is 1. The maximum Gasteiger partial charge on any atom is 0.417 e. The summed E-state index contributed by atoms with van der Waals surface area (Å²) in [5.74, 6) is -0.240. The van der Waals surface area contributed by atoms with Crippen molar-refractivity contribution in [2.24, 2.45) is 5.92 Å². The number of hydrogen-bond acceptors (Lipinski definition) is 2. The second-order valence-electron chi connectivity index (χ2n) is 5.73. The zero-order valence-corrected chi connectivity index (χ0v) is 12.5. The first-order chi connectivity index (χ1) is 9.71. The largest absolute Gasteiger partial charge is 0.417 e. The first-order valence-electron chi connectivity index (χ1n) is 6.59.